The molecule has 0 atom stereocenters. The summed E-state index contributed by atoms with van der Waals surface area (Å²) < 4.78 is 43.6. The first-order valence-electron chi connectivity index (χ1n) is 10.1. The van der Waals surface area contributed by atoms with Gasteiger partial charge in [0, 0.05) is 31.9 Å². The number of hydrogen-bond acceptors (Lipinski definition) is 3. The molecule has 0 aliphatic carbocycles. The molecule has 5 nitrogen and oxygen atoms in total. The predicted octanol–water partition coefficient (Wildman–Crippen LogP) is 4.42. The van der Waals surface area contributed by atoms with Gasteiger partial charge in [-0.3, -0.25) is 0 Å². The van der Waals surface area contributed by atoms with Crippen molar-refractivity contribution in [2.45, 2.75) is 26.2 Å². The lowest BCUT2D eigenvalue weighted by atomic mass is 10.1. The Labute approximate surface area is 198 Å². The summed E-state index contributed by atoms with van der Waals surface area (Å²) in [4.78, 5) is 6.82. The molecule has 0 bridgehead atoms. The number of ether oxygens (including phenoxy) is 1. The van der Waals surface area contributed by atoms with Crippen LogP contribution in [0.1, 0.15) is 23.6 Å². The predicted molar refractivity (Wildman–Crippen MR) is 128 cm³/mol. The summed E-state index contributed by atoms with van der Waals surface area (Å²) in [6.07, 6.45) is -4.33. The van der Waals surface area contributed by atoms with E-state index in [4.69, 9.17) is 4.74 Å². The van der Waals surface area contributed by atoms with Crippen molar-refractivity contribution >= 4 is 35.6 Å². The fraction of sp³-hybridized carbons (Fsp3) is 0.409. The number of para-hydroxylation sites is 1. The molecular formula is C22H28F3IN4O. The maximum atomic E-state index is 12.7. The van der Waals surface area contributed by atoms with E-state index in [-0.39, 0.29) is 24.0 Å². The lowest BCUT2D eigenvalue weighted by Gasteiger charge is -2.30. The van der Waals surface area contributed by atoms with Crippen molar-refractivity contribution in [1.82, 2.24) is 10.6 Å². The maximum Gasteiger partial charge on any atom is 0.416 e. The van der Waals surface area contributed by atoms with Crippen molar-refractivity contribution in [3.63, 3.8) is 0 Å². The van der Waals surface area contributed by atoms with Crippen LogP contribution in [-0.2, 0) is 24.0 Å². The molecule has 0 amide bonds. The SMILES string of the molecule is CCNC(=NCc1ccc(C(F)(F)F)cc1)NCc1ccccc1N1CCOCC1.I. The molecule has 1 saturated heterocycles. The number of nitrogens with one attached hydrogen (secondary N) is 2. The van der Waals surface area contributed by atoms with Crippen LogP contribution in [0.25, 0.3) is 0 Å². The minimum absolute atomic E-state index is 0. The van der Waals surface area contributed by atoms with Crippen LogP contribution in [0.4, 0.5) is 18.9 Å². The summed E-state index contributed by atoms with van der Waals surface area (Å²) in [5.41, 5.74) is 2.39. The van der Waals surface area contributed by atoms with Crippen LogP contribution in [0.3, 0.4) is 0 Å². The van der Waals surface area contributed by atoms with E-state index in [2.05, 4.69) is 32.7 Å². The zero-order valence-corrected chi connectivity index (χ0v) is 19.7. The first-order chi connectivity index (χ1) is 14.5. The Morgan fingerprint density at radius 3 is 2.35 bits per heavy atom. The van der Waals surface area contributed by atoms with E-state index in [0.717, 1.165) is 44.0 Å². The van der Waals surface area contributed by atoms with Crippen molar-refractivity contribution in [2.75, 3.05) is 37.7 Å². The number of benzene rings is 2. The quantitative estimate of drug-likeness (QED) is 0.319. The van der Waals surface area contributed by atoms with E-state index in [9.17, 15) is 13.2 Å². The second-order valence-electron chi connectivity index (χ2n) is 6.97. The van der Waals surface area contributed by atoms with Gasteiger partial charge in [-0.25, -0.2) is 4.99 Å². The third kappa shape index (κ3) is 7.57. The molecule has 0 aromatic heterocycles. The van der Waals surface area contributed by atoms with Crippen LogP contribution in [-0.4, -0.2) is 38.8 Å². The van der Waals surface area contributed by atoms with Crippen LogP contribution in [0.15, 0.2) is 53.5 Å². The Balaban J connectivity index is 0.00000341. The molecule has 0 saturated carbocycles. The van der Waals surface area contributed by atoms with Crippen LogP contribution in [0, 0.1) is 0 Å². The van der Waals surface area contributed by atoms with Crippen LogP contribution in [0.2, 0.25) is 0 Å². The topological polar surface area (TPSA) is 48.9 Å². The Kier molecular flexibility index (Phi) is 9.89. The van der Waals surface area contributed by atoms with Gasteiger partial charge in [-0.15, -0.1) is 24.0 Å². The fourth-order valence-corrected chi connectivity index (χ4v) is 3.26. The molecule has 9 heteroatoms. The first kappa shape index (κ1) is 25.3. The monoisotopic (exact) mass is 548 g/mol. The molecule has 1 fully saturated rings. The third-order valence-electron chi connectivity index (χ3n) is 4.83. The van der Waals surface area contributed by atoms with Gasteiger partial charge < -0.3 is 20.3 Å². The van der Waals surface area contributed by atoms with E-state index in [1.54, 1.807) is 0 Å². The van der Waals surface area contributed by atoms with Crippen molar-refractivity contribution in [3.05, 3.63) is 65.2 Å². The summed E-state index contributed by atoms with van der Waals surface area (Å²) >= 11 is 0. The van der Waals surface area contributed by atoms with Crippen LogP contribution >= 0.6 is 24.0 Å². The van der Waals surface area contributed by atoms with E-state index >= 15 is 0 Å². The summed E-state index contributed by atoms with van der Waals surface area (Å²) in [5.74, 6) is 0.620. The minimum Gasteiger partial charge on any atom is -0.378 e. The zero-order chi connectivity index (χ0) is 21.4. The minimum atomic E-state index is -4.33. The number of alkyl halides is 3. The van der Waals surface area contributed by atoms with Gasteiger partial charge in [0.25, 0.3) is 0 Å². The van der Waals surface area contributed by atoms with Gasteiger partial charge >= 0.3 is 6.18 Å². The van der Waals surface area contributed by atoms with E-state index in [1.807, 2.05) is 19.1 Å². The third-order valence-corrected chi connectivity index (χ3v) is 4.83. The van der Waals surface area contributed by atoms with Gasteiger partial charge in [0.1, 0.15) is 0 Å². The molecule has 0 unspecified atom stereocenters. The standard InChI is InChI=1S/C22H27F3N4O.HI/c1-2-26-21(27-15-17-7-9-19(10-8-17)22(23,24)25)28-16-18-5-3-4-6-20(18)29-11-13-30-14-12-29;/h3-10H,2,11-16H2,1H3,(H2,26,27,28);1H. The highest BCUT2D eigenvalue weighted by Gasteiger charge is 2.29. The average molecular weight is 548 g/mol. The summed E-state index contributed by atoms with van der Waals surface area (Å²) in [5, 5.41) is 6.51. The molecule has 170 valence electrons. The second-order valence-corrected chi connectivity index (χ2v) is 6.97. The highest BCUT2D eigenvalue weighted by atomic mass is 127. The number of anilines is 1. The number of aliphatic imine (C=N–C) groups is 1. The fourth-order valence-electron chi connectivity index (χ4n) is 3.26. The summed E-state index contributed by atoms with van der Waals surface area (Å²) in [7, 11) is 0. The van der Waals surface area contributed by atoms with Gasteiger partial charge in [-0.05, 0) is 36.2 Å². The van der Waals surface area contributed by atoms with Gasteiger partial charge in [0.05, 0.1) is 25.3 Å². The maximum absolute atomic E-state index is 12.7. The smallest absolute Gasteiger partial charge is 0.378 e. The van der Waals surface area contributed by atoms with Crippen LogP contribution in [0.5, 0.6) is 0 Å². The Bertz CT molecular complexity index is 837. The van der Waals surface area contributed by atoms with Crippen molar-refractivity contribution < 1.29 is 17.9 Å². The number of halogens is 4. The first-order valence-corrected chi connectivity index (χ1v) is 10.1. The Hall–Kier alpha value is -2.01. The average Bonchev–Trinajstić information content (AvgIpc) is 2.76. The number of nitrogens with zero attached hydrogens (tertiary/aromatic N) is 2. The number of guanidine groups is 1. The molecular weight excluding hydrogens is 520 g/mol. The van der Waals surface area contributed by atoms with Crippen molar-refractivity contribution in [2.24, 2.45) is 4.99 Å². The number of rotatable bonds is 6. The van der Waals surface area contributed by atoms with Gasteiger partial charge in [0.15, 0.2) is 5.96 Å². The number of hydrogen-bond donors (Lipinski definition) is 2. The molecule has 31 heavy (non-hydrogen) atoms. The Morgan fingerprint density at radius 2 is 1.71 bits per heavy atom. The van der Waals surface area contributed by atoms with E-state index in [1.165, 1.54) is 17.8 Å². The molecule has 0 radical (unpaired) electrons. The van der Waals surface area contributed by atoms with Gasteiger partial charge in [-0.1, -0.05) is 30.3 Å². The number of morpholine rings is 1. The van der Waals surface area contributed by atoms with E-state index in [0.29, 0.717) is 31.2 Å². The molecule has 1 heterocycles. The second kappa shape index (κ2) is 12.1. The largest absolute Gasteiger partial charge is 0.416 e. The molecule has 0 spiro atoms. The zero-order valence-electron chi connectivity index (χ0n) is 17.4. The Morgan fingerprint density at radius 1 is 1.03 bits per heavy atom. The molecule has 2 aromatic rings. The van der Waals surface area contributed by atoms with Gasteiger partial charge in [-0.2, -0.15) is 13.2 Å². The highest BCUT2D eigenvalue weighted by molar-refractivity contribution is 14.0. The normalized spacial score (nSPS) is 14.7. The van der Waals surface area contributed by atoms with E-state index < -0.39 is 11.7 Å². The molecule has 3 rings (SSSR count). The van der Waals surface area contributed by atoms with Crippen molar-refractivity contribution in [1.29, 1.82) is 0 Å². The molecule has 2 aromatic carbocycles. The summed E-state index contributed by atoms with van der Waals surface area (Å²) in [6.45, 7) is 6.70. The summed E-state index contributed by atoms with van der Waals surface area (Å²) in [6, 6.07) is 13.3. The van der Waals surface area contributed by atoms with Crippen molar-refractivity contribution in [3.8, 4) is 0 Å². The van der Waals surface area contributed by atoms with Crippen LogP contribution < -0.4 is 15.5 Å². The molecule has 2 N–H and O–H groups in total. The molecule has 1 aliphatic rings. The lowest BCUT2D eigenvalue weighted by Crippen LogP contribution is -2.39. The highest BCUT2D eigenvalue weighted by Crippen LogP contribution is 2.29. The van der Waals surface area contributed by atoms with Gasteiger partial charge in [0.2, 0.25) is 0 Å². The molecule has 1 aliphatic heterocycles. The lowest BCUT2D eigenvalue weighted by molar-refractivity contribution is -0.137.